The second kappa shape index (κ2) is 7.33. The average Bonchev–Trinajstić information content (AvgIpc) is 2.72. The van der Waals surface area contributed by atoms with Gasteiger partial charge in [-0.15, -0.1) is 0 Å². The van der Waals surface area contributed by atoms with Crippen molar-refractivity contribution in [2.75, 3.05) is 6.26 Å². The third-order valence-corrected chi connectivity index (χ3v) is 7.87. The van der Waals surface area contributed by atoms with Crippen LogP contribution in [0.25, 0.3) is 33.3 Å². The highest BCUT2D eigenvalue weighted by molar-refractivity contribution is 7.91. The van der Waals surface area contributed by atoms with Gasteiger partial charge in [0.1, 0.15) is 0 Å². The van der Waals surface area contributed by atoms with Gasteiger partial charge in [0.25, 0.3) is 0 Å². The number of sulfone groups is 1. The summed E-state index contributed by atoms with van der Waals surface area (Å²) in [7, 11) is -3.31. The normalized spacial score (nSPS) is 12.3. The van der Waals surface area contributed by atoms with Crippen LogP contribution < -0.4 is 0 Å². The first kappa shape index (κ1) is 20.2. The summed E-state index contributed by atoms with van der Waals surface area (Å²) in [6.07, 6.45) is 4.84. The number of fused-ring (bicyclic) bond motifs is 1. The molecule has 30 heavy (non-hydrogen) atoms. The second-order valence-corrected chi connectivity index (χ2v) is 10.7. The van der Waals surface area contributed by atoms with Gasteiger partial charge in [-0.25, -0.2) is 8.42 Å². The van der Waals surface area contributed by atoms with E-state index in [-0.39, 0.29) is 0 Å². The Hall–Kier alpha value is -3.05. The van der Waals surface area contributed by atoms with Crippen LogP contribution in [0.15, 0.2) is 73.1 Å². The topological polar surface area (TPSA) is 59.9 Å². The minimum atomic E-state index is -3.31. The van der Waals surface area contributed by atoms with E-state index < -0.39 is 14.6 Å². The third-order valence-electron chi connectivity index (χ3n) is 5.78. The molecular weight excluding hydrogens is 392 g/mol. The van der Waals surface area contributed by atoms with Gasteiger partial charge in [0.2, 0.25) is 0 Å². The number of benzene rings is 2. The number of aromatic nitrogens is 2. The molecule has 0 unspecified atom stereocenters. The molecule has 0 amide bonds. The molecule has 0 N–H and O–H groups in total. The Morgan fingerprint density at radius 3 is 2.27 bits per heavy atom. The van der Waals surface area contributed by atoms with E-state index in [4.69, 9.17) is 0 Å². The highest BCUT2D eigenvalue weighted by atomic mass is 32.2. The van der Waals surface area contributed by atoms with Crippen molar-refractivity contribution in [3.8, 4) is 22.4 Å². The van der Waals surface area contributed by atoms with Crippen molar-refractivity contribution >= 4 is 20.7 Å². The molecule has 4 nitrogen and oxygen atoms in total. The fraction of sp³-hybridized carbons (Fsp3) is 0.200. The lowest BCUT2D eigenvalue weighted by Gasteiger charge is -2.24. The summed E-state index contributed by atoms with van der Waals surface area (Å²) in [5.41, 5.74) is 6.54. The zero-order valence-electron chi connectivity index (χ0n) is 17.5. The predicted molar refractivity (Wildman–Crippen MR) is 123 cm³/mol. The second-order valence-electron chi connectivity index (χ2n) is 8.13. The maximum atomic E-state index is 12.5. The minimum Gasteiger partial charge on any atom is -0.256 e. The molecule has 0 aliphatic rings. The van der Waals surface area contributed by atoms with E-state index in [0.29, 0.717) is 0 Å². The first-order valence-corrected chi connectivity index (χ1v) is 11.7. The quantitative estimate of drug-likeness (QED) is 0.437. The summed E-state index contributed by atoms with van der Waals surface area (Å²) < 4.78 is 24.0. The van der Waals surface area contributed by atoms with Gasteiger partial charge in [0.15, 0.2) is 9.84 Å². The first-order valence-electron chi connectivity index (χ1n) is 9.80. The summed E-state index contributed by atoms with van der Waals surface area (Å²) in [6, 6.07) is 19.9. The summed E-state index contributed by atoms with van der Waals surface area (Å²) >= 11 is 0. The van der Waals surface area contributed by atoms with Gasteiger partial charge in [-0.3, -0.25) is 9.97 Å². The molecule has 4 rings (SSSR count). The van der Waals surface area contributed by atoms with Gasteiger partial charge in [-0.05, 0) is 67.8 Å². The largest absolute Gasteiger partial charge is 0.256 e. The Bertz CT molecular complexity index is 1360. The van der Waals surface area contributed by atoms with Gasteiger partial charge in [-0.1, -0.05) is 30.3 Å². The fourth-order valence-electron chi connectivity index (χ4n) is 3.60. The number of nitrogens with zero attached hydrogens (tertiary/aromatic N) is 2. The highest BCUT2D eigenvalue weighted by Crippen LogP contribution is 2.37. The van der Waals surface area contributed by atoms with Crippen molar-refractivity contribution in [3.63, 3.8) is 0 Å². The van der Waals surface area contributed by atoms with Crippen LogP contribution in [0, 0.1) is 6.92 Å². The number of aryl methyl sites for hydroxylation is 1. The van der Waals surface area contributed by atoms with Crippen LogP contribution >= 0.6 is 0 Å². The van der Waals surface area contributed by atoms with E-state index in [9.17, 15) is 8.42 Å². The molecule has 0 radical (unpaired) electrons. The predicted octanol–water partition coefficient (Wildman–Crippen LogP) is 5.55. The first-order chi connectivity index (χ1) is 14.2. The Morgan fingerprint density at radius 2 is 1.53 bits per heavy atom. The third kappa shape index (κ3) is 3.50. The molecule has 0 saturated heterocycles. The molecule has 0 bridgehead atoms. The van der Waals surface area contributed by atoms with E-state index in [2.05, 4.69) is 16.0 Å². The number of hydrogen-bond acceptors (Lipinski definition) is 4. The van der Waals surface area contributed by atoms with Crippen LogP contribution in [0.3, 0.4) is 0 Å². The Balaban J connectivity index is 1.98. The lowest BCUT2D eigenvalue weighted by atomic mass is 9.92. The van der Waals surface area contributed by atoms with Gasteiger partial charge in [-0.2, -0.15) is 0 Å². The van der Waals surface area contributed by atoms with Gasteiger partial charge in [0.05, 0.1) is 16.0 Å². The SMILES string of the molecule is Cc1cccnc1-c1cccc(-c2cc(C(C)(C)S(C)(=O)=O)cc3cccnc23)c1. The molecule has 0 aliphatic carbocycles. The molecule has 0 atom stereocenters. The molecule has 2 aromatic heterocycles. The molecule has 0 spiro atoms. The van der Waals surface area contributed by atoms with Crippen LogP contribution in [0.4, 0.5) is 0 Å². The summed E-state index contributed by atoms with van der Waals surface area (Å²) in [6.45, 7) is 5.54. The lowest BCUT2D eigenvalue weighted by molar-refractivity contribution is 0.561. The van der Waals surface area contributed by atoms with E-state index in [1.165, 1.54) is 6.26 Å². The molecule has 2 heterocycles. The van der Waals surface area contributed by atoms with E-state index >= 15 is 0 Å². The van der Waals surface area contributed by atoms with E-state index in [0.717, 1.165) is 44.4 Å². The Kier molecular flexibility index (Phi) is 4.94. The molecule has 2 aromatic carbocycles. The van der Waals surface area contributed by atoms with Crippen molar-refractivity contribution in [3.05, 3.63) is 84.2 Å². The highest BCUT2D eigenvalue weighted by Gasteiger charge is 2.33. The standard InChI is InChI=1S/C25H24N2O2S/c1-17-8-6-12-26-23(17)19-10-5-9-18(14-19)22-16-21(25(2,3)30(4,28)29)15-20-11-7-13-27-24(20)22/h5-16H,1-4H3. The molecule has 5 heteroatoms. The van der Waals surface area contributed by atoms with Crippen molar-refractivity contribution in [1.82, 2.24) is 9.97 Å². The summed E-state index contributed by atoms with van der Waals surface area (Å²) in [5, 5.41) is 0.918. The summed E-state index contributed by atoms with van der Waals surface area (Å²) in [4.78, 5) is 9.14. The van der Waals surface area contributed by atoms with Crippen molar-refractivity contribution < 1.29 is 8.42 Å². The monoisotopic (exact) mass is 416 g/mol. The smallest absolute Gasteiger partial charge is 0.156 e. The molecule has 0 aliphatic heterocycles. The van der Waals surface area contributed by atoms with Gasteiger partial charge in [0, 0.05) is 35.2 Å². The maximum absolute atomic E-state index is 12.5. The summed E-state index contributed by atoms with van der Waals surface area (Å²) in [5.74, 6) is 0. The zero-order chi connectivity index (χ0) is 21.5. The van der Waals surface area contributed by atoms with Crippen LogP contribution in [-0.2, 0) is 14.6 Å². The Morgan fingerprint density at radius 1 is 0.833 bits per heavy atom. The van der Waals surface area contributed by atoms with Crippen LogP contribution in [0.1, 0.15) is 25.0 Å². The van der Waals surface area contributed by atoms with Crippen LogP contribution in [0.5, 0.6) is 0 Å². The molecule has 0 saturated carbocycles. The van der Waals surface area contributed by atoms with Crippen molar-refractivity contribution in [2.24, 2.45) is 0 Å². The number of hydrogen-bond donors (Lipinski definition) is 0. The van der Waals surface area contributed by atoms with Crippen LogP contribution in [0.2, 0.25) is 0 Å². The molecular formula is C25H24N2O2S. The van der Waals surface area contributed by atoms with Gasteiger partial charge < -0.3 is 0 Å². The van der Waals surface area contributed by atoms with Gasteiger partial charge >= 0.3 is 0 Å². The molecule has 0 fully saturated rings. The van der Waals surface area contributed by atoms with E-state index in [1.54, 1.807) is 26.2 Å². The lowest BCUT2D eigenvalue weighted by Crippen LogP contribution is -2.28. The number of rotatable bonds is 4. The fourth-order valence-corrected chi connectivity index (χ4v) is 4.14. The minimum absolute atomic E-state index is 0.750. The van der Waals surface area contributed by atoms with E-state index in [1.807, 2.05) is 61.5 Å². The number of pyridine rings is 2. The van der Waals surface area contributed by atoms with Crippen molar-refractivity contribution in [2.45, 2.75) is 25.5 Å². The van der Waals surface area contributed by atoms with Crippen molar-refractivity contribution in [1.29, 1.82) is 0 Å². The average molecular weight is 417 g/mol. The maximum Gasteiger partial charge on any atom is 0.156 e. The Labute approximate surface area is 177 Å². The molecule has 152 valence electrons. The molecule has 4 aromatic rings. The zero-order valence-corrected chi connectivity index (χ0v) is 18.4. The van der Waals surface area contributed by atoms with Crippen LogP contribution in [-0.4, -0.2) is 24.6 Å².